The normalized spacial score (nSPS) is 29.9. The van der Waals surface area contributed by atoms with Gasteiger partial charge < -0.3 is 15.4 Å². The smallest absolute Gasteiger partial charge is 0.313 e. The number of benzene rings is 1. The molecule has 2 bridgehead atoms. The zero-order valence-electron chi connectivity index (χ0n) is 14.4. The van der Waals surface area contributed by atoms with Gasteiger partial charge in [0.05, 0.1) is 5.41 Å². The van der Waals surface area contributed by atoms with Gasteiger partial charge in [-0.15, -0.1) is 0 Å². The molecule has 2 aliphatic rings. The molecule has 1 aliphatic heterocycles. The second-order valence-electron chi connectivity index (χ2n) is 7.39. The number of carbonyl (C=O) groups is 3. The third-order valence-electron chi connectivity index (χ3n) is 5.91. The van der Waals surface area contributed by atoms with Crippen LogP contribution in [0.15, 0.2) is 24.3 Å². The maximum Gasteiger partial charge on any atom is 0.313 e. The van der Waals surface area contributed by atoms with Crippen LogP contribution in [0.2, 0.25) is 0 Å². The number of rotatable bonds is 3. The predicted octanol–water partition coefficient (Wildman–Crippen LogP) is 2.71. The number of carbonyl (C=O) groups excluding carboxylic acids is 3. The minimum atomic E-state index is -1.13. The van der Waals surface area contributed by atoms with E-state index in [2.05, 4.69) is 10.6 Å². The molecular weight excluding hydrogens is 308 g/mol. The average molecular weight is 330 g/mol. The highest BCUT2D eigenvalue weighted by Crippen LogP contribution is 2.65. The van der Waals surface area contributed by atoms with E-state index in [1.807, 2.05) is 20.8 Å². The van der Waals surface area contributed by atoms with E-state index in [0.717, 1.165) is 0 Å². The van der Waals surface area contributed by atoms with Crippen LogP contribution in [0.25, 0.3) is 0 Å². The van der Waals surface area contributed by atoms with Crippen LogP contribution in [0.4, 0.5) is 11.4 Å². The number of anilines is 2. The Kier molecular flexibility index (Phi) is 3.48. The molecule has 1 aromatic rings. The first kappa shape index (κ1) is 16.5. The van der Waals surface area contributed by atoms with Gasteiger partial charge in [-0.2, -0.15) is 0 Å². The zero-order chi connectivity index (χ0) is 17.8. The summed E-state index contributed by atoms with van der Waals surface area (Å²) in [5, 5.41) is 5.52. The van der Waals surface area contributed by atoms with Gasteiger partial charge in [-0.25, -0.2) is 0 Å². The lowest BCUT2D eigenvalue weighted by atomic mass is 9.66. The Labute approximate surface area is 140 Å². The molecule has 3 rings (SSSR count). The quantitative estimate of drug-likeness (QED) is 0.835. The summed E-state index contributed by atoms with van der Waals surface area (Å²) in [5.41, 5.74) is -1.08. The van der Waals surface area contributed by atoms with E-state index < -0.39 is 16.4 Å². The molecule has 2 fully saturated rings. The molecule has 24 heavy (non-hydrogen) atoms. The van der Waals surface area contributed by atoms with E-state index in [4.69, 9.17) is 4.74 Å². The lowest BCUT2D eigenvalue weighted by molar-refractivity contribution is -0.165. The third-order valence-corrected chi connectivity index (χ3v) is 5.91. The van der Waals surface area contributed by atoms with Crippen LogP contribution in [-0.2, 0) is 19.1 Å². The molecule has 128 valence electrons. The number of hydrogen-bond acceptors (Lipinski definition) is 4. The van der Waals surface area contributed by atoms with Crippen LogP contribution in [-0.4, -0.2) is 23.4 Å². The van der Waals surface area contributed by atoms with Crippen LogP contribution < -0.4 is 10.6 Å². The van der Waals surface area contributed by atoms with Gasteiger partial charge in [0.15, 0.2) is 5.60 Å². The fourth-order valence-electron chi connectivity index (χ4n) is 3.82. The van der Waals surface area contributed by atoms with Gasteiger partial charge >= 0.3 is 5.97 Å². The molecule has 0 radical (unpaired) electrons. The first-order chi connectivity index (χ1) is 11.1. The summed E-state index contributed by atoms with van der Waals surface area (Å²) < 4.78 is 5.57. The topological polar surface area (TPSA) is 84.5 Å². The maximum atomic E-state index is 12.9. The van der Waals surface area contributed by atoms with E-state index in [0.29, 0.717) is 24.2 Å². The number of esters is 1. The van der Waals surface area contributed by atoms with Crippen LogP contribution in [0.1, 0.15) is 40.5 Å². The van der Waals surface area contributed by atoms with Gasteiger partial charge in [0.25, 0.3) is 5.91 Å². The molecule has 2 amide bonds. The second-order valence-corrected chi connectivity index (χ2v) is 7.39. The molecule has 0 aromatic heterocycles. The molecule has 6 nitrogen and oxygen atoms in total. The number of hydrogen-bond donors (Lipinski definition) is 2. The zero-order valence-corrected chi connectivity index (χ0v) is 14.4. The maximum absolute atomic E-state index is 12.9. The van der Waals surface area contributed by atoms with Crippen molar-refractivity contribution >= 4 is 29.2 Å². The minimum Gasteiger partial charge on any atom is -0.448 e. The highest BCUT2D eigenvalue weighted by atomic mass is 16.6. The van der Waals surface area contributed by atoms with Crippen molar-refractivity contribution in [1.29, 1.82) is 0 Å². The first-order valence-electron chi connectivity index (χ1n) is 8.05. The van der Waals surface area contributed by atoms with Crippen molar-refractivity contribution in [1.82, 2.24) is 0 Å². The van der Waals surface area contributed by atoms with E-state index in [1.54, 1.807) is 24.3 Å². The fourth-order valence-corrected chi connectivity index (χ4v) is 3.82. The van der Waals surface area contributed by atoms with E-state index in [1.165, 1.54) is 6.92 Å². The minimum absolute atomic E-state index is 0.157. The molecule has 2 N–H and O–H groups in total. The molecular formula is C18H22N2O4. The predicted molar refractivity (Wildman–Crippen MR) is 89.3 cm³/mol. The Morgan fingerprint density at radius 1 is 1.00 bits per heavy atom. The van der Waals surface area contributed by atoms with E-state index in [-0.39, 0.29) is 17.8 Å². The van der Waals surface area contributed by atoms with Crippen molar-refractivity contribution in [2.24, 2.45) is 10.8 Å². The van der Waals surface area contributed by atoms with Crippen molar-refractivity contribution in [3.05, 3.63) is 24.3 Å². The van der Waals surface area contributed by atoms with Gasteiger partial charge in [0.2, 0.25) is 5.91 Å². The van der Waals surface area contributed by atoms with Gasteiger partial charge in [-0.1, -0.05) is 13.8 Å². The van der Waals surface area contributed by atoms with Crippen LogP contribution in [0.5, 0.6) is 0 Å². The summed E-state index contributed by atoms with van der Waals surface area (Å²) in [6, 6.07) is 6.83. The van der Waals surface area contributed by atoms with E-state index >= 15 is 0 Å². The molecule has 6 heteroatoms. The SMILES string of the molecule is CC(=O)Nc1ccc(NC(=O)[C@@]23CC[C@](C)(C(=O)O2)C3(C)C)cc1. The second kappa shape index (κ2) is 5.06. The Bertz CT molecular complexity index is 725. The standard InChI is InChI=1S/C18H22N2O4/c1-11(21)19-12-5-7-13(8-6-12)20-14(22)18-10-9-17(4,15(23)24-18)16(18,2)3/h5-8H,9-10H2,1-4H3,(H,19,21)(H,20,22)/t17-,18-/m1/s1. The summed E-state index contributed by atoms with van der Waals surface area (Å²) in [5.74, 6) is -0.750. The van der Waals surface area contributed by atoms with Crippen molar-refractivity contribution in [3.63, 3.8) is 0 Å². The van der Waals surface area contributed by atoms with Gasteiger partial charge in [0, 0.05) is 23.7 Å². The molecule has 1 heterocycles. The van der Waals surface area contributed by atoms with Gasteiger partial charge in [-0.05, 0) is 44.0 Å². The summed E-state index contributed by atoms with van der Waals surface area (Å²) in [6.07, 6.45) is 1.17. The molecule has 0 unspecified atom stereocenters. The molecule has 1 aliphatic carbocycles. The number of amides is 2. The van der Waals surface area contributed by atoms with Gasteiger partial charge in [-0.3, -0.25) is 14.4 Å². The van der Waals surface area contributed by atoms with Crippen LogP contribution in [0.3, 0.4) is 0 Å². The molecule has 0 spiro atoms. The number of fused-ring (bicyclic) bond motifs is 2. The van der Waals surface area contributed by atoms with Crippen molar-refractivity contribution in [2.75, 3.05) is 10.6 Å². The Hall–Kier alpha value is -2.37. The average Bonchev–Trinajstić information content (AvgIpc) is 2.79. The summed E-state index contributed by atoms with van der Waals surface area (Å²) in [7, 11) is 0. The lowest BCUT2D eigenvalue weighted by Crippen LogP contribution is -2.50. The molecule has 1 aromatic carbocycles. The number of ether oxygens (including phenoxy) is 1. The summed E-state index contributed by atoms with van der Waals surface area (Å²) in [4.78, 5) is 36.2. The third kappa shape index (κ3) is 2.05. The summed E-state index contributed by atoms with van der Waals surface area (Å²) >= 11 is 0. The molecule has 1 saturated heterocycles. The van der Waals surface area contributed by atoms with Crippen molar-refractivity contribution in [2.45, 2.75) is 46.1 Å². The Balaban J connectivity index is 1.81. The highest BCUT2D eigenvalue weighted by molar-refractivity contribution is 6.03. The largest absolute Gasteiger partial charge is 0.448 e. The highest BCUT2D eigenvalue weighted by Gasteiger charge is 2.75. The summed E-state index contributed by atoms with van der Waals surface area (Å²) in [6.45, 7) is 7.15. The Morgan fingerprint density at radius 2 is 1.54 bits per heavy atom. The monoisotopic (exact) mass is 330 g/mol. The van der Waals surface area contributed by atoms with Gasteiger partial charge in [0.1, 0.15) is 0 Å². The van der Waals surface area contributed by atoms with Crippen molar-refractivity contribution < 1.29 is 19.1 Å². The first-order valence-corrected chi connectivity index (χ1v) is 8.05. The fraction of sp³-hybridized carbons (Fsp3) is 0.500. The van der Waals surface area contributed by atoms with Crippen LogP contribution >= 0.6 is 0 Å². The Morgan fingerprint density at radius 3 is 1.96 bits per heavy atom. The molecule has 2 atom stereocenters. The number of nitrogens with one attached hydrogen (secondary N) is 2. The van der Waals surface area contributed by atoms with E-state index in [9.17, 15) is 14.4 Å². The van der Waals surface area contributed by atoms with Crippen molar-refractivity contribution in [3.8, 4) is 0 Å². The van der Waals surface area contributed by atoms with Crippen LogP contribution in [0, 0.1) is 10.8 Å². The lowest BCUT2D eigenvalue weighted by Gasteiger charge is -2.35. The molecule has 1 saturated carbocycles.